The van der Waals surface area contributed by atoms with Gasteiger partial charge in [0.25, 0.3) is 0 Å². The Labute approximate surface area is 115 Å². The maximum atomic E-state index is 4.54. The Bertz CT molecular complexity index is 479. The molecule has 0 bridgehead atoms. The van der Waals surface area contributed by atoms with Crippen molar-refractivity contribution in [2.24, 2.45) is 0 Å². The van der Waals surface area contributed by atoms with E-state index in [1.165, 1.54) is 3.57 Å². The van der Waals surface area contributed by atoms with Crippen LogP contribution in [0, 0.1) is 3.57 Å². The molecule has 3 nitrogen and oxygen atoms in total. The number of hydrogen-bond acceptors (Lipinski definition) is 2. The third-order valence-electron chi connectivity index (χ3n) is 2.45. The first kappa shape index (κ1) is 12.6. The summed E-state index contributed by atoms with van der Waals surface area (Å²) >= 11 is 2.31. The second-order valence-corrected chi connectivity index (χ2v) is 5.15. The van der Waals surface area contributed by atoms with Gasteiger partial charge in [0.05, 0.1) is 11.4 Å². The highest BCUT2D eigenvalue weighted by molar-refractivity contribution is 14.1. The number of benzene rings is 1. The number of aromatic nitrogens is 2. The molecule has 1 heterocycles. The third kappa shape index (κ3) is 3.54. The van der Waals surface area contributed by atoms with Gasteiger partial charge in [-0.1, -0.05) is 13.0 Å². The Balaban J connectivity index is 2.07. The second-order valence-electron chi connectivity index (χ2n) is 3.91. The molecule has 0 aliphatic rings. The van der Waals surface area contributed by atoms with Gasteiger partial charge in [0.1, 0.15) is 0 Å². The van der Waals surface area contributed by atoms with Crippen LogP contribution in [0.3, 0.4) is 0 Å². The molecular formula is C13H16IN3. The van der Waals surface area contributed by atoms with E-state index in [0.717, 1.165) is 30.9 Å². The topological polar surface area (TPSA) is 29.9 Å². The normalized spacial score (nSPS) is 10.7. The number of hydrogen-bond donors (Lipinski definition) is 1. The molecule has 0 amide bonds. The average molecular weight is 341 g/mol. The smallest absolute Gasteiger partial charge is 0.0766 e. The van der Waals surface area contributed by atoms with E-state index in [4.69, 9.17) is 0 Å². The lowest BCUT2D eigenvalue weighted by Gasteiger charge is -2.02. The Morgan fingerprint density at radius 3 is 3.00 bits per heavy atom. The summed E-state index contributed by atoms with van der Waals surface area (Å²) in [6, 6.07) is 10.4. The highest BCUT2D eigenvalue weighted by Gasteiger charge is 2.01. The molecule has 1 N–H and O–H groups in total. The summed E-state index contributed by atoms with van der Waals surface area (Å²) in [4.78, 5) is 0. The van der Waals surface area contributed by atoms with Crippen molar-refractivity contribution in [1.29, 1.82) is 0 Å². The average Bonchev–Trinajstić information content (AvgIpc) is 2.78. The van der Waals surface area contributed by atoms with Crippen molar-refractivity contribution in [3.8, 4) is 5.69 Å². The van der Waals surface area contributed by atoms with Crippen LogP contribution in [-0.4, -0.2) is 16.3 Å². The molecule has 17 heavy (non-hydrogen) atoms. The van der Waals surface area contributed by atoms with Gasteiger partial charge in [0.2, 0.25) is 0 Å². The molecule has 1 aromatic carbocycles. The number of halogens is 1. The van der Waals surface area contributed by atoms with Crippen LogP contribution in [-0.2, 0) is 6.54 Å². The third-order valence-corrected chi connectivity index (χ3v) is 3.12. The van der Waals surface area contributed by atoms with Crippen molar-refractivity contribution < 1.29 is 0 Å². The molecule has 0 saturated carbocycles. The number of rotatable bonds is 5. The van der Waals surface area contributed by atoms with Crippen molar-refractivity contribution in [2.75, 3.05) is 6.54 Å². The van der Waals surface area contributed by atoms with Gasteiger partial charge >= 0.3 is 0 Å². The van der Waals surface area contributed by atoms with Crippen LogP contribution in [0.15, 0.2) is 36.5 Å². The molecule has 90 valence electrons. The van der Waals surface area contributed by atoms with Crippen LogP contribution in [0.4, 0.5) is 0 Å². The van der Waals surface area contributed by atoms with E-state index in [0.29, 0.717) is 0 Å². The zero-order valence-electron chi connectivity index (χ0n) is 9.86. The maximum Gasteiger partial charge on any atom is 0.0766 e. The van der Waals surface area contributed by atoms with E-state index < -0.39 is 0 Å². The molecule has 0 radical (unpaired) electrons. The predicted octanol–water partition coefficient (Wildman–Crippen LogP) is 2.98. The fourth-order valence-corrected chi connectivity index (χ4v) is 2.14. The molecule has 1 aromatic heterocycles. The summed E-state index contributed by atoms with van der Waals surface area (Å²) in [6.45, 7) is 4.04. The zero-order valence-corrected chi connectivity index (χ0v) is 12.0. The molecule has 2 aromatic rings. The quantitative estimate of drug-likeness (QED) is 0.669. The Hall–Kier alpha value is -0.880. The van der Waals surface area contributed by atoms with Gasteiger partial charge in [-0.25, -0.2) is 4.68 Å². The predicted molar refractivity (Wildman–Crippen MR) is 78.3 cm³/mol. The zero-order chi connectivity index (χ0) is 12.1. The summed E-state index contributed by atoms with van der Waals surface area (Å²) in [6.07, 6.45) is 3.16. The van der Waals surface area contributed by atoms with Crippen LogP contribution in [0.1, 0.15) is 19.0 Å². The Morgan fingerprint density at radius 1 is 1.35 bits per heavy atom. The minimum absolute atomic E-state index is 0.838. The van der Waals surface area contributed by atoms with Crippen molar-refractivity contribution in [1.82, 2.24) is 15.1 Å². The molecule has 0 saturated heterocycles. The van der Waals surface area contributed by atoms with Gasteiger partial charge in [0, 0.05) is 16.3 Å². The van der Waals surface area contributed by atoms with Gasteiger partial charge in [-0.05, 0) is 59.8 Å². The first-order valence-electron chi connectivity index (χ1n) is 5.81. The summed E-state index contributed by atoms with van der Waals surface area (Å²) in [5.74, 6) is 0. The monoisotopic (exact) mass is 341 g/mol. The minimum atomic E-state index is 0.838. The lowest BCUT2D eigenvalue weighted by atomic mass is 10.3. The fraction of sp³-hybridized carbons (Fsp3) is 0.308. The van der Waals surface area contributed by atoms with E-state index in [-0.39, 0.29) is 0 Å². The summed E-state index contributed by atoms with van der Waals surface area (Å²) in [5.41, 5.74) is 2.19. The van der Waals surface area contributed by atoms with E-state index >= 15 is 0 Å². The van der Waals surface area contributed by atoms with Gasteiger partial charge in [-0.15, -0.1) is 0 Å². The van der Waals surface area contributed by atoms with E-state index in [1.807, 2.05) is 16.9 Å². The van der Waals surface area contributed by atoms with Crippen LogP contribution < -0.4 is 5.32 Å². The summed E-state index contributed by atoms with van der Waals surface area (Å²) in [7, 11) is 0. The molecule has 0 atom stereocenters. The van der Waals surface area contributed by atoms with E-state index in [9.17, 15) is 0 Å². The van der Waals surface area contributed by atoms with Gasteiger partial charge in [-0.3, -0.25) is 0 Å². The summed E-state index contributed by atoms with van der Waals surface area (Å²) < 4.78 is 3.15. The van der Waals surface area contributed by atoms with E-state index in [1.54, 1.807) is 0 Å². The second kappa shape index (κ2) is 6.16. The molecular weight excluding hydrogens is 325 g/mol. The largest absolute Gasteiger partial charge is 0.311 e. The number of nitrogens with one attached hydrogen (secondary N) is 1. The molecule has 0 aliphatic heterocycles. The van der Waals surface area contributed by atoms with Gasteiger partial charge in [-0.2, -0.15) is 5.10 Å². The van der Waals surface area contributed by atoms with Crippen LogP contribution in [0.25, 0.3) is 5.69 Å². The van der Waals surface area contributed by atoms with Gasteiger partial charge in [0.15, 0.2) is 0 Å². The van der Waals surface area contributed by atoms with Crippen molar-refractivity contribution in [3.05, 3.63) is 45.8 Å². The Kier molecular flexibility index (Phi) is 4.56. The molecule has 2 rings (SSSR count). The lowest BCUT2D eigenvalue weighted by Crippen LogP contribution is -2.14. The first-order chi connectivity index (χ1) is 8.29. The Morgan fingerprint density at radius 2 is 2.24 bits per heavy atom. The SMILES string of the molecule is CCCNCc1ccn(-c2cccc(I)c2)n1. The standard InChI is InChI=1S/C13H16IN3/c1-2-7-15-10-12-6-8-17(16-12)13-5-3-4-11(14)9-13/h3-6,8-9,15H,2,7,10H2,1H3. The maximum absolute atomic E-state index is 4.54. The van der Waals surface area contributed by atoms with E-state index in [2.05, 4.69) is 64.2 Å². The minimum Gasteiger partial charge on any atom is -0.311 e. The highest BCUT2D eigenvalue weighted by Crippen LogP contribution is 2.12. The molecule has 4 heteroatoms. The summed E-state index contributed by atoms with van der Waals surface area (Å²) in [5, 5.41) is 7.89. The van der Waals surface area contributed by atoms with Crippen molar-refractivity contribution >= 4 is 22.6 Å². The lowest BCUT2D eigenvalue weighted by molar-refractivity contribution is 0.656. The van der Waals surface area contributed by atoms with Crippen LogP contribution in [0.2, 0.25) is 0 Å². The first-order valence-corrected chi connectivity index (χ1v) is 6.88. The molecule has 0 spiro atoms. The van der Waals surface area contributed by atoms with Crippen molar-refractivity contribution in [2.45, 2.75) is 19.9 Å². The van der Waals surface area contributed by atoms with Crippen LogP contribution >= 0.6 is 22.6 Å². The number of nitrogens with zero attached hydrogens (tertiary/aromatic N) is 2. The van der Waals surface area contributed by atoms with Gasteiger partial charge < -0.3 is 5.32 Å². The fourth-order valence-electron chi connectivity index (χ4n) is 1.61. The molecule has 0 unspecified atom stereocenters. The highest BCUT2D eigenvalue weighted by atomic mass is 127. The molecule has 0 fully saturated rings. The molecule has 0 aliphatic carbocycles. The van der Waals surface area contributed by atoms with Crippen LogP contribution in [0.5, 0.6) is 0 Å². The van der Waals surface area contributed by atoms with Crippen molar-refractivity contribution in [3.63, 3.8) is 0 Å².